The Morgan fingerprint density at radius 3 is 2.29 bits per heavy atom. The SMILES string of the molecule is COc1cc(C)c(C=C2C(=O)NC(=S)N(c3cc(Cl)cc(Cl)c3)C2=O)cc1C. The second kappa shape index (κ2) is 7.91. The Hall–Kier alpha value is -2.41. The van der Waals surface area contributed by atoms with Gasteiger partial charge in [-0.3, -0.25) is 19.8 Å². The first-order chi connectivity index (χ1) is 13.2. The van der Waals surface area contributed by atoms with Crippen molar-refractivity contribution in [2.24, 2.45) is 0 Å². The maximum absolute atomic E-state index is 13.1. The molecule has 0 radical (unpaired) electrons. The number of methoxy groups -OCH3 is 1. The number of ether oxygens (including phenoxy) is 1. The first-order valence-electron chi connectivity index (χ1n) is 8.24. The summed E-state index contributed by atoms with van der Waals surface area (Å²) in [5, 5.41) is 3.21. The molecule has 0 unspecified atom stereocenters. The summed E-state index contributed by atoms with van der Waals surface area (Å²) in [7, 11) is 1.59. The van der Waals surface area contributed by atoms with E-state index in [1.165, 1.54) is 4.90 Å². The summed E-state index contributed by atoms with van der Waals surface area (Å²) in [6.07, 6.45) is 1.54. The number of amides is 2. The molecule has 2 aromatic carbocycles. The van der Waals surface area contributed by atoms with Crippen molar-refractivity contribution in [1.29, 1.82) is 0 Å². The van der Waals surface area contributed by atoms with E-state index in [-0.39, 0.29) is 10.7 Å². The monoisotopic (exact) mass is 434 g/mol. The molecule has 0 aromatic heterocycles. The fourth-order valence-electron chi connectivity index (χ4n) is 2.90. The van der Waals surface area contributed by atoms with Gasteiger partial charge in [0.05, 0.1) is 12.8 Å². The summed E-state index contributed by atoms with van der Waals surface area (Å²) in [6.45, 7) is 3.76. The summed E-state index contributed by atoms with van der Waals surface area (Å²) in [6, 6.07) is 8.36. The number of carbonyl (C=O) groups is 2. The highest BCUT2D eigenvalue weighted by molar-refractivity contribution is 7.80. The minimum Gasteiger partial charge on any atom is -0.496 e. The Balaban J connectivity index is 2.08. The van der Waals surface area contributed by atoms with E-state index in [4.69, 9.17) is 40.2 Å². The van der Waals surface area contributed by atoms with Crippen LogP contribution in [0.15, 0.2) is 35.9 Å². The van der Waals surface area contributed by atoms with Gasteiger partial charge in [-0.25, -0.2) is 0 Å². The second-order valence-electron chi connectivity index (χ2n) is 6.26. The zero-order valence-corrected chi connectivity index (χ0v) is 17.6. The van der Waals surface area contributed by atoms with E-state index in [1.54, 1.807) is 31.4 Å². The smallest absolute Gasteiger partial charge is 0.270 e. The molecule has 5 nitrogen and oxygen atoms in total. The number of halogens is 2. The minimum atomic E-state index is -0.563. The van der Waals surface area contributed by atoms with E-state index in [1.807, 2.05) is 26.0 Å². The molecule has 0 saturated carbocycles. The molecule has 28 heavy (non-hydrogen) atoms. The maximum atomic E-state index is 13.1. The van der Waals surface area contributed by atoms with Crippen molar-refractivity contribution in [2.45, 2.75) is 13.8 Å². The quantitative estimate of drug-likeness (QED) is 0.440. The van der Waals surface area contributed by atoms with Crippen molar-refractivity contribution in [1.82, 2.24) is 5.32 Å². The lowest BCUT2D eigenvalue weighted by molar-refractivity contribution is -0.122. The largest absolute Gasteiger partial charge is 0.496 e. The van der Waals surface area contributed by atoms with Gasteiger partial charge in [-0.15, -0.1) is 0 Å². The van der Waals surface area contributed by atoms with Crippen LogP contribution in [0.4, 0.5) is 5.69 Å². The molecule has 2 aromatic rings. The molecule has 2 amide bonds. The average molecular weight is 435 g/mol. The van der Waals surface area contributed by atoms with Gasteiger partial charge in [-0.05, 0) is 79.2 Å². The number of carbonyl (C=O) groups excluding carboxylic acids is 2. The summed E-state index contributed by atoms with van der Waals surface area (Å²) in [4.78, 5) is 26.8. The van der Waals surface area contributed by atoms with Gasteiger partial charge in [0.1, 0.15) is 11.3 Å². The van der Waals surface area contributed by atoms with Crippen LogP contribution >= 0.6 is 35.4 Å². The van der Waals surface area contributed by atoms with E-state index in [2.05, 4.69) is 5.32 Å². The second-order valence-corrected chi connectivity index (χ2v) is 7.52. The molecule has 1 N–H and O–H groups in total. The van der Waals surface area contributed by atoms with E-state index < -0.39 is 11.8 Å². The molecule has 144 valence electrons. The van der Waals surface area contributed by atoms with E-state index in [0.29, 0.717) is 15.7 Å². The standard InChI is InChI=1S/C20H16Cl2N2O3S/c1-10-5-17(27-3)11(2)4-12(10)6-16-18(25)23-20(28)24(19(16)26)15-8-13(21)7-14(22)9-15/h4-9H,1-3H3,(H,23,25,28). The van der Waals surface area contributed by atoms with E-state index >= 15 is 0 Å². The Kier molecular flexibility index (Phi) is 5.74. The lowest BCUT2D eigenvalue weighted by atomic mass is 10.0. The van der Waals surface area contributed by atoms with Gasteiger partial charge >= 0.3 is 0 Å². The Morgan fingerprint density at radius 2 is 1.68 bits per heavy atom. The van der Waals surface area contributed by atoms with Gasteiger partial charge in [-0.1, -0.05) is 23.2 Å². The highest BCUT2D eigenvalue weighted by atomic mass is 35.5. The summed E-state index contributed by atoms with van der Waals surface area (Å²) >= 11 is 17.3. The van der Waals surface area contributed by atoms with Gasteiger partial charge in [-0.2, -0.15) is 0 Å². The van der Waals surface area contributed by atoms with Gasteiger partial charge < -0.3 is 4.74 Å². The van der Waals surface area contributed by atoms with E-state index in [0.717, 1.165) is 22.4 Å². The normalized spacial score (nSPS) is 15.8. The summed E-state index contributed by atoms with van der Waals surface area (Å²) < 4.78 is 5.31. The number of anilines is 1. The molecule has 0 atom stereocenters. The van der Waals surface area contributed by atoms with Gasteiger partial charge in [0, 0.05) is 10.0 Å². The fraction of sp³-hybridized carbons (Fsp3) is 0.150. The lowest BCUT2D eigenvalue weighted by Crippen LogP contribution is -2.54. The predicted molar refractivity (Wildman–Crippen MR) is 115 cm³/mol. The molecule has 1 heterocycles. The summed E-state index contributed by atoms with van der Waals surface area (Å²) in [5.74, 6) is -0.386. The number of aryl methyl sites for hydroxylation is 2. The van der Waals surface area contributed by atoms with Crippen LogP contribution in [0.1, 0.15) is 16.7 Å². The highest BCUT2D eigenvalue weighted by Crippen LogP contribution is 2.29. The molecule has 0 spiro atoms. The molecule has 0 bridgehead atoms. The lowest BCUT2D eigenvalue weighted by Gasteiger charge is -2.29. The molecule has 8 heteroatoms. The number of hydrogen-bond acceptors (Lipinski definition) is 4. The highest BCUT2D eigenvalue weighted by Gasteiger charge is 2.34. The van der Waals surface area contributed by atoms with Crippen molar-refractivity contribution in [3.8, 4) is 5.75 Å². The number of hydrogen-bond donors (Lipinski definition) is 1. The van der Waals surface area contributed by atoms with Crippen molar-refractivity contribution in [2.75, 3.05) is 12.0 Å². The number of nitrogens with zero attached hydrogens (tertiary/aromatic N) is 1. The molecular formula is C20H16Cl2N2O3S. The molecule has 1 saturated heterocycles. The summed E-state index contributed by atoms with van der Waals surface area (Å²) in [5.41, 5.74) is 2.81. The first kappa shape index (κ1) is 20.3. The molecule has 1 aliphatic rings. The van der Waals surface area contributed by atoms with Crippen molar-refractivity contribution >= 4 is 64.1 Å². The van der Waals surface area contributed by atoms with Crippen LogP contribution in [-0.4, -0.2) is 24.0 Å². The van der Waals surface area contributed by atoms with Crippen LogP contribution in [0.5, 0.6) is 5.75 Å². The number of benzene rings is 2. The molecular weight excluding hydrogens is 419 g/mol. The van der Waals surface area contributed by atoms with E-state index in [9.17, 15) is 9.59 Å². The first-order valence-corrected chi connectivity index (χ1v) is 9.40. The van der Waals surface area contributed by atoms with Crippen LogP contribution in [0.3, 0.4) is 0 Å². The fourth-order valence-corrected chi connectivity index (χ4v) is 3.70. The third-order valence-corrected chi connectivity index (χ3v) is 5.01. The zero-order valence-electron chi connectivity index (χ0n) is 15.3. The predicted octanol–water partition coefficient (Wildman–Crippen LogP) is 4.45. The third-order valence-electron chi connectivity index (χ3n) is 4.29. The number of rotatable bonds is 3. The van der Waals surface area contributed by atoms with Crippen LogP contribution in [0.2, 0.25) is 10.0 Å². The molecule has 3 rings (SSSR count). The topological polar surface area (TPSA) is 58.6 Å². The van der Waals surface area contributed by atoms with Gasteiger partial charge in [0.15, 0.2) is 5.11 Å². The average Bonchev–Trinajstić information content (AvgIpc) is 2.60. The van der Waals surface area contributed by atoms with Crippen LogP contribution in [-0.2, 0) is 9.59 Å². The zero-order chi connectivity index (χ0) is 20.6. The molecule has 1 aliphatic heterocycles. The number of thiocarbonyl (C=S) groups is 1. The van der Waals surface area contributed by atoms with Crippen molar-refractivity contribution < 1.29 is 14.3 Å². The Bertz CT molecular complexity index is 1030. The third kappa shape index (κ3) is 3.90. The van der Waals surface area contributed by atoms with Crippen molar-refractivity contribution in [3.63, 3.8) is 0 Å². The van der Waals surface area contributed by atoms with Gasteiger partial charge in [0.2, 0.25) is 0 Å². The Morgan fingerprint density at radius 1 is 1.04 bits per heavy atom. The number of nitrogens with one attached hydrogen (secondary N) is 1. The van der Waals surface area contributed by atoms with Crippen LogP contribution in [0.25, 0.3) is 6.08 Å². The molecule has 0 aliphatic carbocycles. The van der Waals surface area contributed by atoms with Crippen molar-refractivity contribution in [3.05, 3.63) is 62.6 Å². The minimum absolute atomic E-state index is 0.0342. The molecule has 1 fully saturated rings. The van der Waals surface area contributed by atoms with Gasteiger partial charge in [0.25, 0.3) is 11.8 Å². The Labute approximate surface area is 177 Å². The van der Waals surface area contributed by atoms with Crippen LogP contribution in [0, 0.1) is 13.8 Å². The van der Waals surface area contributed by atoms with Crippen LogP contribution < -0.4 is 15.0 Å². The maximum Gasteiger partial charge on any atom is 0.270 e.